The van der Waals surface area contributed by atoms with E-state index < -0.39 is 29.4 Å². The summed E-state index contributed by atoms with van der Waals surface area (Å²) in [6.45, 7) is 1.73. The molecule has 0 saturated carbocycles. The van der Waals surface area contributed by atoms with Gasteiger partial charge >= 0.3 is 17.8 Å². The van der Waals surface area contributed by atoms with Gasteiger partial charge in [-0.1, -0.05) is 12.1 Å². The summed E-state index contributed by atoms with van der Waals surface area (Å²) in [4.78, 5) is 28.0. The summed E-state index contributed by atoms with van der Waals surface area (Å²) < 4.78 is 50.7. The largest absolute Gasteiger partial charge is 0.466 e. The zero-order valence-electron chi connectivity index (χ0n) is 23.4. The lowest BCUT2D eigenvalue weighted by Gasteiger charge is -2.36. The maximum Gasteiger partial charge on any atom is 0.416 e. The lowest BCUT2D eigenvalue weighted by Crippen LogP contribution is -2.38. The predicted octanol–water partition coefficient (Wildman–Crippen LogP) is 3.01. The summed E-state index contributed by atoms with van der Waals surface area (Å²) in [7, 11) is 2.97. The molecule has 2 aromatic carbocycles. The van der Waals surface area contributed by atoms with Gasteiger partial charge in [-0.3, -0.25) is 4.90 Å². The first-order valence-corrected chi connectivity index (χ1v) is 13.1. The van der Waals surface area contributed by atoms with Crippen molar-refractivity contribution in [1.82, 2.24) is 19.3 Å². The number of nitriles is 1. The van der Waals surface area contributed by atoms with Crippen LogP contribution >= 0.6 is 0 Å². The van der Waals surface area contributed by atoms with Gasteiger partial charge in [0, 0.05) is 17.8 Å². The van der Waals surface area contributed by atoms with E-state index in [1.807, 2.05) is 4.57 Å². The summed E-state index contributed by atoms with van der Waals surface area (Å²) in [5, 5.41) is 25.9. The van der Waals surface area contributed by atoms with E-state index in [4.69, 9.17) is 4.74 Å². The highest BCUT2D eigenvalue weighted by Gasteiger charge is 2.41. The van der Waals surface area contributed by atoms with Gasteiger partial charge in [-0.2, -0.15) is 18.4 Å². The van der Waals surface area contributed by atoms with Gasteiger partial charge < -0.3 is 9.84 Å². The number of aliphatic hydroxyl groups is 1. The monoisotopic (exact) mass is 594 g/mol. The second kappa shape index (κ2) is 11.3. The van der Waals surface area contributed by atoms with Crippen LogP contribution in [0.1, 0.15) is 41.0 Å². The maximum absolute atomic E-state index is 13.6. The van der Waals surface area contributed by atoms with Crippen LogP contribution in [-0.2, 0) is 42.3 Å². The molecule has 2 aromatic heterocycles. The molecular formula is C29H27F3N7O4+. The second-order valence-corrected chi connectivity index (χ2v) is 9.93. The van der Waals surface area contributed by atoms with Crippen LogP contribution in [0.4, 0.5) is 24.8 Å². The van der Waals surface area contributed by atoms with Crippen molar-refractivity contribution in [2.45, 2.75) is 38.7 Å². The number of fused-ring (bicyclic) bond motifs is 1. The number of aryl methyl sites for hydroxylation is 3. The molecular weight excluding hydrogens is 567 g/mol. The van der Waals surface area contributed by atoms with Gasteiger partial charge in [-0.05, 0) is 48.4 Å². The van der Waals surface area contributed by atoms with Crippen LogP contribution in [0.5, 0.6) is 0 Å². The molecule has 0 amide bonds. The number of alkyl halides is 3. The number of rotatable bonds is 7. The third-order valence-corrected chi connectivity index (χ3v) is 7.52. The maximum atomic E-state index is 13.6. The number of anilines is 2. The smallest absolute Gasteiger partial charge is 0.416 e. The van der Waals surface area contributed by atoms with Gasteiger partial charge in [0.1, 0.15) is 25.0 Å². The molecule has 0 saturated heterocycles. The number of imidazole rings is 1. The lowest BCUT2D eigenvalue weighted by atomic mass is 9.89. The summed E-state index contributed by atoms with van der Waals surface area (Å²) in [6, 6.07) is 10.3. The average molecular weight is 595 g/mol. The quantitative estimate of drug-likeness (QED) is 0.248. The molecule has 0 radical (unpaired) electrons. The highest BCUT2D eigenvalue weighted by Crippen LogP contribution is 2.43. The zero-order valence-corrected chi connectivity index (χ0v) is 23.4. The fraction of sp³-hybridized carbons (Fsp3) is 0.276. The highest BCUT2D eigenvalue weighted by atomic mass is 19.4. The van der Waals surface area contributed by atoms with E-state index >= 15 is 0 Å². The number of benzene rings is 2. The predicted molar refractivity (Wildman–Crippen MR) is 146 cm³/mol. The standard InChI is InChI=1S/C29H26F3N7O4/c1-17-24(26(41)43-3)25(22-8-7-18(15-33)13-19(22)9-10-37-12-11-36(2)23(37)16-40)39-27(34-35-28(39)42)38(17)21-6-4-5-20(14-21)29(30,31)32/h4-8,11-14,25,40H,9-10,16H2,1-3H3/p+1. The van der Waals surface area contributed by atoms with Crippen molar-refractivity contribution in [3.05, 3.63) is 105 Å². The number of hydrogen-bond acceptors (Lipinski definition) is 7. The van der Waals surface area contributed by atoms with Gasteiger partial charge in [-0.25, -0.2) is 28.4 Å². The van der Waals surface area contributed by atoms with E-state index in [9.17, 15) is 33.1 Å². The third-order valence-electron chi connectivity index (χ3n) is 7.52. The molecule has 3 heterocycles. The molecule has 1 atom stereocenters. The summed E-state index contributed by atoms with van der Waals surface area (Å²) >= 11 is 0. The Morgan fingerprint density at radius 3 is 2.70 bits per heavy atom. The Morgan fingerprint density at radius 1 is 1.26 bits per heavy atom. The molecule has 14 heteroatoms. The van der Waals surface area contributed by atoms with Crippen LogP contribution in [0.15, 0.2) is 70.9 Å². The molecule has 0 spiro atoms. The Labute approximate surface area is 243 Å². The topological polar surface area (TPSA) is 133 Å². The Morgan fingerprint density at radius 2 is 2.02 bits per heavy atom. The molecule has 11 nitrogen and oxygen atoms in total. The summed E-state index contributed by atoms with van der Waals surface area (Å²) in [6.07, 6.45) is -0.696. The van der Waals surface area contributed by atoms with E-state index in [-0.39, 0.29) is 29.5 Å². The van der Waals surface area contributed by atoms with Crippen LogP contribution in [0.25, 0.3) is 0 Å². The number of nitrogens with zero attached hydrogens (tertiary/aromatic N) is 6. The molecule has 1 aliphatic rings. The Balaban J connectivity index is 1.71. The van der Waals surface area contributed by atoms with Gasteiger partial charge in [0.25, 0.3) is 5.82 Å². The molecule has 1 aliphatic heterocycles. The minimum Gasteiger partial charge on any atom is -0.466 e. The molecule has 5 rings (SSSR count). The Hall–Kier alpha value is -5.16. The number of carbonyl (C=O) groups excluding carboxylic acids is 1. The van der Waals surface area contributed by atoms with Crippen molar-refractivity contribution in [3.8, 4) is 6.07 Å². The fourth-order valence-corrected chi connectivity index (χ4v) is 5.44. The minimum absolute atomic E-state index is 0.00489. The number of hydrogen-bond donors (Lipinski definition) is 2. The molecule has 222 valence electrons. The molecule has 0 aliphatic carbocycles. The van der Waals surface area contributed by atoms with Gasteiger partial charge in [0.15, 0.2) is 0 Å². The van der Waals surface area contributed by atoms with Crippen molar-refractivity contribution in [1.29, 1.82) is 5.26 Å². The average Bonchev–Trinajstić information content (AvgIpc) is 3.55. The number of halogens is 3. The molecule has 43 heavy (non-hydrogen) atoms. The number of nitrogens with one attached hydrogen (secondary N) is 1. The molecule has 4 aromatic rings. The second-order valence-electron chi connectivity index (χ2n) is 9.93. The zero-order chi connectivity index (χ0) is 31.1. The van der Waals surface area contributed by atoms with Crippen LogP contribution in [0.3, 0.4) is 0 Å². The SMILES string of the molecule is COC(=O)C1=C(C)N(c2cccc(C(F)(F)F)c2)c2n[nH]c(=O)n2C1c1ccc(C#N)cc1CCn1cc[n+](C)c1CO. The number of carbonyl (C=O) groups is 1. The minimum atomic E-state index is -4.63. The van der Waals surface area contributed by atoms with Crippen molar-refractivity contribution in [2.75, 3.05) is 12.0 Å². The fourth-order valence-electron chi connectivity index (χ4n) is 5.44. The molecule has 0 bridgehead atoms. The van der Waals surface area contributed by atoms with E-state index in [1.165, 1.54) is 28.7 Å². The van der Waals surface area contributed by atoms with Gasteiger partial charge in [0.2, 0.25) is 5.95 Å². The van der Waals surface area contributed by atoms with Gasteiger partial charge in [0.05, 0.1) is 43.5 Å². The van der Waals surface area contributed by atoms with E-state index in [2.05, 4.69) is 16.3 Å². The number of aliphatic hydroxyl groups excluding tert-OH is 1. The Kier molecular flexibility index (Phi) is 7.68. The summed E-state index contributed by atoms with van der Waals surface area (Å²) in [5.74, 6) is -0.185. The van der Waals surface area contributed by atoms with Crippen LogP contribution in [-0.4, -0.2) is 37.5 Å². The normalized spacial score (nSPS) is 14.9. The first kappa shape index (κ1) is 29.3. The van der Waals surface area contributed by atoms with Gasteiger partial charge in [-0.15, -0.1) is 5.10 Å². The molecule has 0 fully saturated rings. The lowest BCUT2D eigenvalue weighted by molar-refractivity contribution is -0.680. The number of methoxy groups -OCH3 is 1. The van der Waals surface area contributed by atoms with Crippen molar-refractivity contribution >= 4 is 17.6 Å². The number of aromatic amines is 1. The van der Waals surface area contributed by atoms with Crippen LogP contribution < -0.4 is 15.2 Å². The molecule has 2 N–H and O–H groups in total. The van der Waals surface area contributed by atoms with Crippen LogP contribution in [0.2, 0.25) is 0 Å². The Bertz CT molecular complexity index is 1850. The van der Waals surface area contributed by atoms with E-state index in [0.717, 1.165) is 12.1 Å². The number of H-pyrrole nitrogens is 1. The number of ether oxygens (including phenoxy) is 1. The molecule has 1 unspecified atom stereocenters. The summed E-state index contributed by atoms with van der Waals surface area (Å²) in [5.41, 5.74) is 0.0907. The number of esters is 1. The van der Waals surface area contributed by atoms with Crippen molar-refractivity contribution in [2.24, 2.45) is 7.05 Å². The first-order valence-electron chi connectivity index (χ1n) is 13.1. The first-order chi connectivity index (χ1) is 20.5. The van der Waals surface area contributed by atoms with E-state index in [0.29, 0.717) is 35.5 Å². The van der Waals surface area contributed by atoms with Crippen molar-refractivity contribution < 1.29 is 32.4 Å². The number of aromatic nitrogens is 5. The highest BCUT2D eigenvalue weighted by molar-refractivity contribution is 5.93. The van der Waals surface area contributed by atoms with Crippen molar-refractivity contribution in [3.63, 3.8) is 0 Å². The third kappa shape index (κ3) is 5.19. The van der Waals surface area contributed by atoms with E-state index in [1.54, 1.807) is 49.1 Å². The van der Waals surface area contributed by atoms with Crippen LogP contribution in [0, 0.1) is 11.3 Å². The number of allylic oxidation sites excluding steroid dienone is 1.